The van der Waals surface area contributed by atoms with Crippen molar-refractivity contribution in [2.75, 3.05) is 39.3 Å². The number of hydrogen-bond acceptors (Lipinski definition) is 4. The molecule has 10 heteroatoms. The molecule has 2 heterocycles. The van der Waals surface area contributed by atoms with Crippen molar-refractivity contribution in [3.63, 3.8) is 0 Å². The fraction of sp³-hybridized carbons (Fsp3) is 0.552. The third kappa shape index (κ3) is 5.91. The Bertz CT molecular complexity index is 1190. The van der Waals surface area contributed by atoms with Gasteiger partial charge in [-0.05, 0) is 80.9 Å². The summed E-state index contributed by atoms with van der Waals surface area (Å²) in [6.07, 6.45) is -1.84. The molecule has 0 bridgehead atoms. The average Bonchev–Trinajstić information content (AvgIpc) is 3.31. The molecule has 39 heavy (non-hydrogen) atoms. The number of hydrogen-bond donors (Lipinski definition) is 1. The number of ether oxygens (including phenoxy) is 1. The van der Waals surface area contributed by atoms with Crippen LogP contribution in [0.15, 0.2) is 36.4 Å². The molecule has 5 rings (SSSR count). The molecule has 1 amide bonds. The predicted octanol–water partition coefficient (Wildman–Crippen LogP) is 5.66. The summed E-state index contributed by atoms with van der Waals surface area (Å²) in [6, 6.07) is 8.27. The number of piperidine rings is 1. The Morgan fingerprint density at radius 3 is 2.31 bits per heavy atom. The molecular weight excluding hydrogens is 519 g/mol. The molecule has 0 radical (unpaired) electrons. The van der Waals surface area contributed by atoms with Crippen LogP contribution in [0.25, 0.3) is 11.1 Å². The molecule has 2 saturated heterocycles. The zero-order valence-electron chi connectivity index (χ0n) is 21.7. The summed E-state index contributed by atoms with van der Waals surface area (Å²) >= 11 is 0. The highest BCUT2D eigenvalue weighted by Gasteiger charge is 2.58. The quantitative estimate of drug-likeness (QED) is 0.451. The smallest absolute Gasteiger partial charge is 0.395 e. The maximum Gasteiger partial charge on any atom is 0.395 e. The number of benzene rings is 2. The molecule has 1 unspecified atom stereocenters. The van der Waals surface area contributed by atoms with Gasteiger partial charge in [0.15, 0.2) is 0 Å². The van der Waals surface area contributed by atoms with Crippen molar-refractivity contribution >= 4 is 5.91 Å². The Morgan fingerprint density at radius 2 is 1.74 bits per heavy atom. The third-order valence-electron chi connectivity index (χ3n) is 8.53. The van der Waals surface area contributed by atoms with Crippen molar-refractivity contribution in [2.24, 2.45) is 11.3 Å². The topological polar surface area (TPSA) is 53.0 Å². The first kappa shape index (κ1) is 27.8. The molecular formula is C29H33F5N2O3. The van der Waals surface area contributed by atoms with Crippen LogP contribution in [0.5, 0.6) is 5.75 Å². The highest BCUT2D eigenvalue weighted by atomic mass is 19.4. The number of alkyl halides is 3. The minimum absolute atomic E-state index is 0.0634. The van der Waals surface area contributed by atoms with E-state index in [2.05, 4.69) is 0 Å². The molecule has 1 atom stereocenters. The van der Waals surface area contributed by atoms with E-state index >= 15 is 0 Å². The van der Waals surface area contributed by atoms with Crippen molar-refractivity contribution in [3.05, 3.63) is 53.6 Å². The Hall–Kier alpha value is -2.72. The second-order valence-corrected chi connectivity index (χ2v) is 11.2. The van der Waals surface area contributed by atoms with Gasteiger partial charge in [0.05, 0.1) is 23.7 Å². The second-order valence-electron chi connectivity index (χ2n) is 11.2. The van der Waals surface area contributed by atoms with Crippen LogP contribution in [0.2, 0.25) is 0 Å². The van der Waals surface area contributed by atoms with Gasteiger partial charge < -0.3 is 19.6 Å². The maximum absolute atomic E-state index is 14.9. The van der Waals surface area contributed by atoms with Crippen LogP contribution in [-0.4, -0.2) is 72.4 Å². The molecule has 5 nitrogen and oxygen atoms in total. The minimum atomic E-state index is -4.16. The van der Waals surface area contributed by atoms with E-state index in [0.29, 0.717) is 44.8 Å². The number of rotatable bonds is 7. The monoisotopic (exact) mass is 552 g/mol. The van der Waals surface area contributed by atoms with Gasteiger partial charge in [-0.1, -0.05) is 12.5 Å². The van der Waals surface area contributed by atoms with Gasteiger partial charge in [-0.2, -0.15) is 13.2 Å². The fourth-order valence-corrected chi connectivity index (χ4v) is 5.86. The van der Waals surface area contributed by atoms with E-state index in [9.17, 15) is 31.9 Å². The first-order chi connectivity index (χ1) is 18.5. The molecule has 1 N–H and O–H groups in total. The van der Waals surface area contributed by atoms with Crippen molar-refractivity contribution in [3.8, 4) is 16.9 Å². The number of likely N-dealkylation sites (tertiary alicyclic amines) is 2. The van der Waals surface area contributed by atoms with Crippen LogP contribution in [0, 0.1) is 23.0 Å². The molecule has 2 aromatic carbocycles. The summed E-state index contributed by atoms with van der Waals surface area (Å²) in [5.41, 5.74) is -1.23. The fourth-order valence-electron chi connectivity index (χ4n) is 5.86. The Balaban J connectivity index is 1.14. The summed E-state index contributed by atoms with van der Waals surface area (Å²) in [5.74, 6) is -1.37. The lowest BCUT2D eigenvalue weighted by molar-refractivity contribution is -0.256. The van der Waals surface area contributed by atoms with E-state index in [1.165, 1.54) is 29.2 Å². The Labute approximate surface area is 224 Å². The van der Waals surface area contributed by atoms with E-state index in [0.717, 1.165) is 18.9 Å². The number of aliphatic hydroxyl groups excluding tert-OH is 1. The van der Waals surface area contributed by atoms with Crippen LogP contribution in [0.3, 0.4) is 0 Å². The minimum Gasteiger partial charge on any atom is -0.493 e. The highest BCUT2D eigenvalue weighted by Crippen LogP contribution is 2.53. The summed E-state index contributed by atoms with van der Waals surface area (Å²) in [7, 11) is 0. The normalized spacial score (nSPS) is 22.1. The van der Waals surface area contributed by atoms with E-state index in [-0.39, 0.29) is 48.5 Å². The molecule has 3 aliphatic rings. The molecule has 1 aliphatic carbocycles. The van der Waals surface area contributed by atoms with Crippen molar-refractivity contribution in [2.45, 2.75) is 50.8 Å². The largest absolute Gasteiger partial charge is 0.493 e. The van der Waals surface area contributed by atoms with E-state index in [4.69, 9.17) is 4.74 Å². The van der Waals surface area contributed by atoms with E-state index < -0.39 is 35.2 Å². The van der Waals surface area contributed by atoms with Gasteiger partial charge in [-0.25, -0.2) is 8.78 Å². The first-order valence-corrected chi connectivity index (χ1v) is 13.5. The lowest BCUT2D eigenvalue weighted by Crippen LogP contribution is -2.53. The SMILES string of the molecule is O=C(c1ccc(-c2ccc(OCC3CCN(CC4(C(F)(F)F)CCC4)CC3)cc2F)cc1F)N1CCC(O)C1. The molecule has 2 aromatic rings. The molecule has 2 aliphatic heterocycles. The summed E-state index contributed by atoms with van der Waals surface area (Å²) in [4.78, 5) is 15.8. The van der Waals surface area contributed by atoms with Crippen molar-refractivity contribution in [1.29, 1.82) is 0 Å². The third-order valence-corrected chi connectivity index (χ3v) is 8.53. The number of halogens is 5. The second kappa shape index (κ2) is 11.0. The molecule has 212 valence electrons. The van der Waals surface area contributed by atoms with Crippen LogP contribution in [-0.2, 0) is 0 Å². The Kier molecular flexibility index (Phi) is 7.88. The van der Waals surface area contributed by atoms with Crippen molar-refractivity contribution in [1.82, 2.24) is 9.80 Å². The van der Waals surface area contributed by atoms with Gasteiger partial charge in [0.1, 0.15) is 17.4 Å². The zero-order chi connectivity index (χ0) is 27.8. The van der Waals surface area contributed by atoms with Gasteiger partial charge in [0, 0.05) is 31.3 Å². The summed E-state index contributed by atoms with van der Waals surface area (Å²) in [6.45, 7) is 2.09. The number of amides is 1. The van der Waals surface area contributed by atoms with Gasteiger partial charge in [-0.3, -0.25) is 4.79 Å². The number of nitrogens with zero attached hydrogens (tertiary/aromatic N) is 2. The number of carbonyl (C=O) groups excluding carboxylic acids is 1. The lowest BCUT2D eigenvalue weighted by Gasteiger charge is -2.47. The molecule has 0 aromatic heterocycles. The summed E-state index contributed by atoms with van der Waals surface area (Å²) in [5, 5.41) is 9.63. The highest BCUT2D eigenvalue weighted by molar-refractivity contribution is 5.95. The van der Waals surface area contributed by atoms with Crippen LogP contribution < -0.4 is 4.74 Å². The maximum atomic E-state index is 14.9. The molecule has 0 spiro atoms. The zero-order valence-corrected chi connectivity index (χ0v) is 21.7. The van der Waals surface area contributed by atoms with Crippen LogP contribution >= 0.6 is 0 Å². The van der Waals surface area contributed by atoms with Crippen LogP contribution in [0.4, 0.5) is 22.0 Å². The Morgan fingerprint density at radius 1 is 1.00 bits per heavy atom. The summed E-state index contributed by atoms with van der Waals surface area (Å²) < 4.78 is 75.9. The number of β-amino-alcohol motifs (C(OH)–C–C–N with tert-alkyl or cyclic N) is 1. The molecule has 3 fully saturated rings. The van der Waals surface area contributed by atoms with E-state index in [1.807, 2.05) is 4.90 Å². The van der Waals surface area contributed by atoms with Gasteiger partial charge in [0.2, 0.25) is 0 Å². The predicted molar refractivity (Wildman–Crippen MR) is 135 cm³/mol. The van der Waals surface area contributed by atoms with Crippen LogP contribution in [0.1, 0.15) is 48.9 Å². The average molecular weight is 553 g/mol. The van der Waals surface area contributed by atoms with Gasteiger partial charge in [0.25, 0.3) is 5.91 Å². The number of carbonyl (C=O) groups is 1. The van der Waals surface area contributed by atoms with E-state index in [1.54, 1.807) is 6.07 Å². The first-order valence-electron chi connectivity index (χ1n) is 13.5. The lowest BCUT2D eigenvalue weighted by atomic mass is 9.67. The standard InChI is InChI=1S/C29H33F5N2O3/c30-25-14-20(2-4-24(25)27(38)36-13-8-21(37)16-36)23-5-3-22(15-26(23)31)39-17-19-6-11-35(12-7-19)18-28(9-1-10-28)29(32,33)34/h2-5,14-15,19,21,37H,1,6-13,16-18H2. The van der Waals surface area contributed by atoms with Gasteiger partial charge >= 0.3 is 6.18 Å². The van der Waals surface area contributed by atoms with Gasteiger partial charge in [-0.15, -0.1) is 0 Å². The van der Waals surface area contributed by atoms with Crippen molar-refractivity contribution < 1.29 is 36.6 Å². The molecule has 1 saturated carbocycles. The number of aliphatic hydroxyl groups is 1.